The maximum Gasteiger partial charge on any atom is 0.311 e. The van der Waals surface area contributed by atoms with E-state index in [4.69, 9.17) is 19.5 Å². The number of esters is 1. The first-order valence-corrected chi connectivity index (χ1v) is 9.43. The Morgan fingerprint density at radius 2 is 1.97 bits per heavy atom. The van der Waals surface area contributed by atoms with Crippen LogP contribution in [0.3, 0.4) is 0 Å². The Balaban J connectivity index is 1.43. The number of carbonyl (C=O) groups excluding carboxylic acids is 2. The van der Waals surface area contributed by atoms with Gasteiger partial charge in [-0.3, -0.25) is 9.59 Å². The maximum atomic E-state index is 12.0. The molecule has 0 saturated carbocycles. The van der Waals surface area contributed by atoms with E-state index in [0.29, 0.717) is 42.3 Å². The topological polar surface area (TPSA) is 88.9 Å². The first kappa shape index (κ1) is 20.2. The van der Waals surface area contributed by atoms with E-state index in [1.807, 2.05) is 6.07 Å². The molecule has 0 atom stereocenters. The number of ether oxygens (including phenoxy) is 3. The molecule has 150 valence electrons. The van der Waals surface area contributed by atoms with Crippen molar-refractivity contribution in [1.82, 2.24) is 0 Å². The molecule has 29 heavy (non-hydrogen) atoms. The van der Waals surface area contributed by atoms with Gasteiger partial charge >= 0.3 is 5.97 Å². The number of anilines is 1. The van der Waals surface area contributed by atoms with Crippen LogP contribution in [0.5, 0.6) is 17.2 Å². The molecule has 1 heterocycles. The fraction of sp³-hybridized carbons (Fsp3) is 0.318. The highest BCUT2D eigenvalue weighted by Crippen LogP contribution is 2.28. The van der Waals surface area contributed by atoms with Gasteiger partial charge in [-0.1, -0.05) is 0 Å². The standard InChI is InChI=1S/C22H22N2O5/c1-27-20-14-16(15-23)6-11-19(20)28-13-3-5-22(26)29-18-9-7-17(8-10-18)24-12-2-4-21(24)25/h6-11,14H,2-5,12-13H2,1H3. The van der Waals surface area contributed by atoms with Gasteiger partial charge in [0.15, 0.2) is 11.5 Å². The van der Waals surface area contributed by atoms with Gasteiger partial charge in [-0.25, -0.2) is 0 Å². The van der Waals surface area contributed by atoms with Crippen LogP contribution in [0.15, 0.2) is 42.5 Å². The van der Waals surface area contributed by atoms with Crippen molar-refractivity contribution in [3.05, 3.63) is 48.0 Å². The van der Waals surface area contributed by atoms with Crippen LogP contribution in [0.2, 0.25) is 0 Å². The number of nitriles is 1. The van der Waals surface area contributed by atoms with Crippen molar-refractivity contribution in [2.45, 2.75) is 25.7 Å². The number of hydrogen-bond donors (Lipinski definition) is 0. The minimum atomic E-state index is -0.356. The second-order valence-electron chi connectivity index (χ2n) is 6.55. The summed E-state index contributed by atoms with van der Waals surface area (Å²) in [6.07, 6.45) is 2.12. The minimum Gasteiger partial charge on any atom is -0.493 e. The van der Waals surface area contributed by atoms with Gasteiger partial charge < -0.3 is 19.1 Å². The molecule has 1 amide bonds. The molecule has 3 rings (SSSR count). The van der Waals surface area contributed by atoms with Gasteiger partial charge in [0.05, 0.1) is 25.3 Å². The lowest BCUT2D eigenvalue weighted by atomic mass is 10.2. The molecule has 7 nitrogen and oxygen atoms in total. The van der Waals surface area contributed by atoms with Crippen molar-refractivity contribution in [1.29, 1.82) is 5.26 Å². The van der Waals surface area contributed by atoms with Crippen molar-refractivity contribution in [2.24, 2.45) is 0 Å². The van der Waals surface area contributed by atoms with E-state index in [0.717, 1.165) is 18.7 Å². The molecule has 1 aliphatic rings. The molecule has 0 spiro atoms. The smallest absolute Gasteiger partial charge is 0.311 e. The molecule has 2 aromatic carbocycles. The molecule has 0 aliphatic carbocycles. The highest BCUT2D eigenvalue weighted by molar-refractivity contribution is 5.95. The summed E-state index contributed by atoms with van der Waals surface area (Å²) in [4.78, 5) is 25.5. The minimum absolute atomic E-state index is 0.119. The number of carbonyl (C=O) groups is 2. The van der Waals surface area contributed by atoms with Crippen LogP contribution >= 0.6 is 0 Å². The largest absolute Gasteiger partial charge is 0.493 e. The average Bonchev–Trinajstić information content (AvgIpc) is 3.17. The van der Waals surface area contributed by atoms with Crippen molar-refractivity contribution in [3.8, 4) is 23.3 Å². The molecule has 0 bridgehead atoms. The molecule has 0 N–H and O–H groups in total. The third-order valence-electron chi connectivity index (χ3n) is 4.53. The second kappa shape index (κ2) is 9.60. The first-order chi connectivity index (χ1) is 14.1. The van der Waals surface area contributed by atoms with E-state index in [2.05, 4.69) is 0 Å². The Morgan fingerprint density at radius 1 is 1.17 bits per heavy atom. The molecular formula is C22H22N2O5. The molecule has 0 radical (unpaired) electrons. The molecule has 1 aliphatic heterocycles. The normalized spacial score (nSPS) is 13.1. The van der Waals surface area contributed by atoms with Crippen LogP contribution in [0.1, 0.15) is 31.2 Å². The van der Waals surface area contributed by atoms with Crippen LogP contribution in [0, 0.1) is 11.3 Å². The van der Waals surface area contributed by atoms with Crippen molar-refractivity contribution in [3.63, 3.8) is 0 Å². The monoisotopic (exact) mass is 394 g/mol. The number of nitrogens with zero attached hydrogens (tertiary/aromatic N) is 2. The second-order valence-corrected chi connectivity index (χ2v) is 6.55. The lowest BCUT2D eigenvalue weighted by Gasteiger charge is -2.15. The third kappa shape index (κ3) is 5.26. The Bertz CT molecular complexity index is 918. The zero-order valence-corrected chi connectivity index (χ0v) is 16.2. The van der Waals surface area contributed by atoms with Crippen molar-refractivity contribution < 1.29 is 23.8 Å². The first-order valence-electron chi connectivity index (χ1n) is 9.43. The lowest BCUT2D eigenvalue weighted by Crippen LogP contribution is -2.23. The van der Waals surface area contributed by atoms with E-state index in [9.17, 15) is 9.59 Å². The molecule has 0 unspecified atom stereocenters. The maximum absolute atomic E-state index is 12.0. The van der Waals surface area contributed by atoms with E-state index in [-0.39, 0.29) is 18.3 Å². The van der Waals surface area contributed by atoms with Crippen LogP contribution in [-0.2, 0) is 9.59 Å². The average molecular weight is 394 g/mol. The lowest BCUT2D eigenvalue weighted by molar-refractivity contribution is -0.134. The fourth-order valence-electron chi connectivity index (χ4n) is 3.05. The summed E-state index contributed by atoms with van der Waals surface area (Å²) < 4.78 is 16.2. The van der Waals surface area contributed by atoms with Crippen molar-refractivity contribution >= 4 is 17.6 Å². The zero-order chi connectivity index (χ0) is 20.6. The van der Waals surface area contributed by atoms with Gasteiger partial charge in [0.1, 0.15) is 5.75 Å². The van der Waals surface area contributed by atoms with Crippen LogP contribution in [0.25, 0.3) is 0 Å². The quantitative estimate of drug-likeness (QED) is 0.387. The van der Waals surface area contributed by atoms with E-state index >= 15 is 0 Å². The van der Waals surface area contributed by atoms with E-state index in [1.54, 1.807) is 47.4 Å². The summed E-state index contributed by atoms with van der Waals surface area (Å²) in [5, 5.41) is 8.91. The van der Waals surface area contributed by atoms with Gasteiger partial charge in [0.2, 0.25) is 5.91 Å². The Labute approximate surface area is 169 Å². The van der Waals surface area contributed by atoms with Crippen LogP contribution < -0.4 is 19.1 Å². The molecule has 1 saturated heterocycles. The van der Waals surface area contributed by atoms with Gasteiger partial charge in [-0.05, 0) is 49.2 Å². The SMILES string of the molecule is COc1cc(C#N)ccc1OCCCC(=O)Oc1ccc(N2CCCC2=O)cc1. The van der Waals surface area contributed by atoms with Gasteiger partial charge in [-0.2, -0.15) is 5.26 Å². The summed E-state index contributed by atoms with van der Waals surface area (Å²) >= 11 is 0. The van der Waals surface area contributed by atoms with Crippen LogP contribution in [0.4, 0.5) is 5.69 Å². The Hall–Kier alpha value is -3.53. The predicted molar refractivity (Wildman–Crippen MR) is 106 cm³/mol. The van der Waals surface area contributed by atoms with Gasteiger partial charge in [0, 0.05) is 31.1 Å². The number of benzene rings is 2. The molecule has 0 aromatic heterocycles. The van der Waals surface area contributed by atoms with Gasteiger partial charge in [0.25, 0.3) is 0 Å². The summed E-state index contributed by atoms with van der Waals surface area (Å²) in [5.41, 5.74) is 1.30. The fourth-order valence-corrected chi connectivity index (χ4v) is 3.05. The van der Waals surface area contributed by atoms with E-state index < -0.39 is 0 Å². The highest BCUT2D eigenvalue weighted by atomic mass is 16.5. The van der Waals surface area contributed by atoms with Crippen molar-refractivity contribution in [2.75, 3.05) is 25.2 Å². The summed E-state index contributed by atoms with van der Waals surface area (Å²) in [5.74, 6) is 1.20. The summed E-state index contributed by atoms with van der Waals surface area (Å²) in [6.45, 7) is 1.04. The number of amides is 1. The number of methoxy groups -OCH3 is 1. The number of rotatable bonds is 8. The highest BCUT2D eigenvalue weighted by Gasteiger charge is 2.21. The Kier molecular flexibility index (Phi) is 6.69. The van der Waals surface area contributed by atoms with E-state index in [1.165, 1.54) is 7.11 Å². The predicted octanol–water partition coefficient (Wildman–Crippen LogP) is 3.46. The van der Waals surface area contributed by atoms with Gasteiger partial charge in [-0.15, -0.1) is 0 Å². The molecule has 2 aromatic rings. The molecular weight excluding hydrogens is 372 g/mol. The number of hydrogen-bond acceptors (Lipinski definition) is 6. The third-order valence-corrected chi connectivity index (χ3v) is 4.53. The zero-order valence-electron chi connectivity index (χ0n) is 16.2. The summed E-state index contributed by atoms with van der Waals surface area (Å²) in [7, 11) is 1.51. The molecule has 1 fully saturated rings. The summed E-state index contributed by atoms with van der Waals surface area (Å²) in [6, 6.07) is 13.9. The van der Waals surface area contributed by atoms with Crippen LogP contribution in [-0.4, -0.2) is 32.1 Å². The molecule has 7 heteroatoms. The Morgan fingerprint density at radius 3 is 2.62 bits per heavy atom.